The van der Waals surface area contributed by atoms with E-state index in [2.05, 4.69) is 23.6 Å². The van der Waals surface area contributed by atoms with Crippen molar-refractivity contribution in [1.82, 2.24) is 0 Å². The quantitative estimate of drug-likeness (QED) is 0.658. The van der Waals surface area contributed by atoms with Crippen molar-refractivity contribution in [2.24, 2.45) is 0 Å². The molecule has 17 heavy (non-hydrogen) atoms. The van der Waals surface area contributed by atoms with Gasteiger partial charge >= 0.3 is 0 Å². The maximum Gasteiger partial charge on any atom is 0.134 e. The topological polar surface area (TPSA) is 20.2 Å². The highest BCUT2D eigenvalue weighted by Gasteiger charge is 2.06. The second-order valence-electron chi connectivity index (χ2n) is 3.81. The zero-order valence-electron chi connectivity index (χ0n) is 8.85. The lowest BCUT2D eigenvalue weighted by Gasteiger charge is -2.05. The lowest BCUT2D eigenvalue weighted by Crippen LogP contribution is -1.78. The minimum Gasteiger partial charge on any atom is -0.506 e. The molecule has 2 aromatic carbocycles. The monoisotopic (exact) mass is 260 g/mol. The first-order chi connectivity index (χ1) is 8.25. The van der Waals surface area contributed by atoms with Crippen LogP contribution in [0.3, 0.4) is 0 Å². The SMILES string of the molecule is Oc1ccc(-c2cccc3ccsc23)cc1Cl. The number of hydrogen-bond acceptors (Lipinski definition) is 2. The summed E-state index contributed by atoms with van der Waals surface area (Å²) in [6.45, 7) is 0. The van der Waals surface area contributed by atoms with Crippen LogP contribution >= 0.6 is 22.9 Å². The number of thiophene rings is 1. The van der Waals surface area contributed by atoms with Crippen LogP contribution in [0.4, 0.5) is 0 Å². The van der Waals surface area contributed by atoms with Gasteiger partial charge in [-0.05, 0) is 40.1 Å². The zero-order chi connectivity index (χ0) is 11.8. The van der Waals surface area contributed by atoms with Gasteiger partial charge in [-0.1, -0.05) is 35.9 Å². The van der Waals surface area contributed by atoms with Crippen LogP contribution in [0.5, 0.6) is 5.75 Å². The van der Waals surface area contributed by atoms with Crippen LogP contribution < -0.4 is 0 Å². The predicted octanol–water partition coefficient (Wildman–Crippen LogP) is 4.93. The van der Waals surface area contributed by atoms with Crippen LogP contribution in [0.25, 0.3) is 21.2 Å². The molecule has 0 aliphatic heterocycles. The van der Waals surface area contributed by atoms with Crippen molar-refractivity contribution in [2.75, 3.05) is 0 Å². The van der Waals surface area contributed by atoms with Crippen molar-refractivity contribution in [3.63, 3.8) is 0 Å². The lowest BCUT2D eigenvalue weighted by molar-refractivity contribution is 0.475. The summed E-state index contributed by atoms with van der Waals surface area (Å²) in [7, 11) is 0. The number of hydrogen-bond donors (Lipinski definition) is 1. The number of phenolic OH excluding ortho intramolecular Hbond substituents is 1. The average Bonchev–Trinajstić information content (AvgIpc) is 2.80. The van der Waals surface area contributed by atoms with Gasteiger partial charge in [0, 0.05) is 4.70 Å². The molecule has 0 saturated carbocycles. The maximum absolute atomic E-state index is 9.43. The number of aromatic hydroxyl groups is 1. The summed E-state index contributed by atoms with van der Waals surface area (Å²) in [5.74, 6) is 0.119. The summed E-state index contributed by atoms with van der Waals surface area (Å²) in [4.78, 5) is 0. The molecule has 0 aliphatic rings. The van der Waals surface area contributed by atoms with Gasteiger partial charge in [-0.3, -0.25) is 0 Å². The fourth-order valence-corrected chi connectivity index (χ4v) is 3.01. The number of halogens is 1. The fraction of sp³-hybridized carbons (Fsp3) is 0. The molecule has 0 spiro atoms. The number of rotatable bonds is 1. The number of fused-ring (bicyclic) bond motifs is 1. The lowest BCUT2D eigenvalue weighted by atomic mass is 10.0. The Hall–Kier alpha value is -1.51. The van der Waals surface area contributed by atoms with E-state index in [1.54, 1.807) is 23.5 Å². The highest BCUT2D eigenvalue weighted by atomic mass is 35.5. The molecular weight excluding hydrogens is 252 g/mol. The Labute approximate surface area is 108 Å². The van der Waals surface area contributed by atoms with Gasteiger partial charge in [0.25, 0.3) is 0 Å². The summed E-state index contributed by atoms with van der Waals surface area (Å²) >= 11 is 7.66. The van der Waals surface area contributed by atoms with E-state index < -0.39 is 0 Å². The predicted molar refractivity (Wildman–Crippen MR) is 73.9 cm³/mol. The summed E-state index contributed by atoms with van der Waals surface area (Å²) in [6.07, 6.45) is 0. The minimum atomic E-state index is 0.119. The molecule has 0 aliphatic carbocycles. The second-order valence-corrected chi connectivity index (χ2v) is 5.13. The van der Waals surface area contributed by atoms with E-state index in [0.29, 0.717) is 5.02 Å². The molecule has 1 nitrogen and oxygen atoms in total. The van der Waals surface area contributed by atoms with E-state index in [1.165, 1.54) is 10.1 Å². The van der Waals surface area contributed by atoms with Crippen LogP contribution in [0.1, 0.15) is 0 Å². The van der Waals surface area contributed by atoms with Crippen LogP contribution in [-0.2, 0) is 0 Å². The molecule has 3 heteroatoms. The van der Waals surface area contributed by atoms with Gasteiger partial charge in [0.2, 0.25) is 0 Å². The third-order valence-corrected chi connectivity index (χ3v) is 4.00. The second kappa shape index (κ2) is 4.06. The summed E-state index contributed by atoms with van der Waals surface area (Å²) < 4.78 is 1.24. The average molecular weight is 261 g/mol. The summed E-state index contributed by atoms with van der Waals surface area (Å²) in [5.41, 5.74) is 2.18. The van der Waals surface area contributed by atoms with Gasteiger partial charge in [-0.15, -0.1) is 11.3 Å². The molecule has 3 aromatic rings. The fourth-order valence-electron chi connectivity index (χ4n) is 1.89. The zero-order valence-corrected chi connectivity index (χ0v) is 10.4. The van der Waals surface area contributed by atoms with Crippen molar-refractivity contribution in [1.29, 1.82) is 0 Å². The van der Waals surface area contributed by atoms with E-state index in [9.17, 15) is 5.11 Å². The Morgan fingerprint density at radius 1 is 1.06 bits per heavy atom. The molecule has 0 radical (unpaired) electrons. The molecule has 0 unspecified atom stereocenters. The number of benzene rings is 2. The van der Waals surface area contributed by atoms with Gasteiger partial charge in [0.1, 0.15) is 5.75 Å². The highest BCUT2D eigenvalue weighted by molar-refractivity contribution is 7.17. The number of phenols is 1. The molecule has 3 rings (SSSR count). The van der Waals surface area contributed by atoms with Gasteiger partial charge in [0.05, 0.1) is 5.02 Å². The third kappa shape index (κ3) is 1.79. The van der Waals surface area contributed by atoms with Crippen molar-refractivity contribution in [3.8, 4) is 16.9 Å². The first kappa shape index (κ1) is 10.6. The molecule has 1 N–H and O–H groups in total. The smallest absolute Gasteiger partial charge is 0.134 e. The molecule has 1 aromatic heterocycles. The standard InChI is InChI=1S/C14H9ClOS/c15-12-8-10(4-5-13(12)16)11-3-1-2-9-6-7-17-14(9)11/h1-8,16H. The van der Waals surface area contributed by atoms with Gasteiger partial charge in [0.15, 0.2) is 0 Å². The van der Waals surface area contributed by atoms with E-state index in [-0.39, 0.29) is 5.75 Å². The third-order valence-electron chi connectivity index (χ3n) is 2.74. The molecule has 0 bridgehead atoms. The summed E-state index contributed by atoms with van der Waals surface area (Å²) in [5, 5.41) is 13.1. The van der Waals surface area contributed by atoms with Crippen molar-refractivity contribution >= 4 is 33.0 Å². The normalized spacial score (nSPS) is 10.9. The van der Waals surface area contributed by atoms with Crippen molar-refractivity contribution in [2.45, 2.75) is 0 Å². The summed E-state index contributed by atoms with van der Waals surface area (Å²) in [6, 6.07) is 13.6. The van der Waals surface area contributed by atoms with Crippen LogP contribution in [0.15, 0.2) is 47.8 Å². The van der Waals surface area contributed by atoms with E-state index >= 15 is 0 Å². The Morgan fingerprint density at radius 3 is 2.76 bits per heavy atom. The van der Waals surface area contributed by atoms with E-state index in [0.717, 1.165) is 11.1 Å². The Balaban J connectivity index is 2.26. The first-order valence-electron chi connectivity index (χ1n) is 5.21. The van der Waals surface area contributed by atoms with Gasteiger partial charge in [-0.2, -0.15) is 0 Å². The highest BCUT2D eigenvalue weighted by Crippen LogP contribution is 2.35. The molecule has 0 saturated heterocycles. The van der Waals surface area contributed by atoms with Crippen molar-refractivity contribution in [3.05, 3.63) is 52.9 Å². The molecule has 0 fully saturated rings. The van der Waals surface area contributed by atoms with Crippen molar-refractivity contribution < 1.29 is 5.11 Å². The first-order valence-corrected chi connectivity index (χ1v) is 6.46. The molecular formula is C14H9ClOS. The van der Waals surface area contributed by atoms with Crippen LogP contribution in [0.2, 0.25) is 5.02 Å². The molecule has 0 atom stereocenters. The Bertz CT molecular complexity index is 688. The van der Waals surface area contributed by atoms with Crippen LogP contribution in [0, 0.1) is 0 Å². The maximum atomic E-state index is 9.43. The largest absolute Gasteiger partial charge is 0.506 e. The van der Waals surface area contributed by atoms with Crippen LogP contribution in [-0.4, -0.2) is 5.11 Å². The Kier molecular flexibility index (Phi) is 2.54. The van der Waals surface area contributed by atoms with Gasteiger partial charge in [-0.25, -0.2) is 0 Å². The van der Waals surface area contributed by atoms with E-state index in [1.807, 2.05) is 12.1 Å². The Morgan fingerprint density at radius 2 is 1.94 bits per heavy atom. The minimum absolute atomic E-state index is 0.119. The molecule has 1 heterocycles. The van der Waals surface area contributed by atoms with Gasteiger partial charge < -0.3 is 5.11 Å². The molecule has 84 valence electrons. The van der Waals surface area contributed by atoms with E-state index in [4.69, 9.17) is 11.6 Å². The molecule has 0 amide bonds.